The molecule has 1 aromatic carbocycles. The number of nitrogens with zero attached hydrogens (tertiary/aromatic N) is 1. The third kappa shape index (κ3) is 4.54. The van der Waals surface area contributed by atoms with Gasteiger partial charge in [-0.25, -0.2) is 0 Å². The number of Topliss-reactive ketones (excluding diaryl/α,β-unsaturated/α-hetero) is 2. The number of carbonyl (C=O) groups is 4. The first-order chi connectivity index (χ1) is 18.2. The number of amides is 1. The second-order valence-corrected chi connectivity index (χ2v) is 11.1. The summed E-state index contributed by atoms with van der Waals surface area (Å²) in [6.45, 7) is 4.09. The molecule has 0 saturated heterocycles. The zero-order valence-electron chi connectivity index (χ0n) is 22.4. The van der Waals surface area contributed by atoms with Crippen LogP contribution in [0.4, 0.5) is 5.69 Å². The molecule has 0 aromatic heterocycles. The number of aliphatic hydroxyl groups is 3. The lowest BCUT2D eigenvalue weighted by Crippen LogP contribution is -2.58. The number of phenols is 1. The maximum Gasteiger partial charge on any atom is 0.306 e. The predicted molar refractivity (Wildman–Crippen MR) is 140 cm³/mol. The summed E-state index contributed by atoms with van der Waals surface area (Å²) in [7, 11) is 3.56. The van der Waals surface area contributed by atoms with Crippen LogP contribution in [0.15, 0.2) is 23.0 Å². The number of anilines is 1. The minimum atomic E-state index is -2.62. The lowest BCUT2D eigenvalue weighted by molar-refractivity contribution is -0.148. The lowest BCUT2D eigenvalue weighted by Gasteiger charge is -2.46. The summed E-state index contributed by atoms with van der Waals surface area (Å²) in [6, 6.07) is 1.72. The minimum Gasteiger partial charge on any atom is -0.508 e. The van der Waals surface area contributed by atoms with Crippen molar-refractivity contribution in [2.75, 3.05) is 25.6 Å². The number of ketones is 2. The van der Waals surface area contributed by atoms with E-state index in [4.69, 9.17) is 10.5 Å². The summed E-state index contributed by atoms with van der Waals surface area (Å²) in [5.41, 5.74) is 3.14. The number of fused-ring (bicyclic) bond motifs is 3. The van der Waals surface area contributed by atoms with E-state index in [2.05, 4.69) is 0 Å². The Kier molecular flexibility index (Phi) is 7.24. The van der Waals surface area contributed by atoms with Crippen molar-refractivity contribution in [3.8, 4) is 5.75 Å². The number of primary amides is 1. The number of aromatic hydroxyl groups is 1. The number of esters is 1. The van der Waals surface area contributed by atoms with Crippen LogP contribution in [0.1, 0.15) is 49.8 Å². The van der Waals surface area contributed by atoms with Crippen LogP contribution in [0.2, 0.25) is 0 Å². The normalized spacial score (nSPS) is 24.4. The van der Waals surface area contributed by atoms with Crippen LogP contribution in [0.3, 0.4) is 0 Å². The molecule has 0 radical (unpaired) electrons. The molecule has 4 rings (SSSR count). The van der Waals surface area contributed by atoms with Crippen molar-refractivity contribution in [1.29, 1.82) is 0 Å². The average Bonchev–Trinajstić information content (AvgIpc) is 2.84. The first kappa shape index (κ1) is 28.2. The van der Waals surface area contributed by atoms with Gasteiger partial charge in [-0.2, -0.15) is 0 Å². The SMILES string of the molecule is CC(C)COC(=O)CCc1cc(N(C)C)c2c(c1O)C(O)=C1C(=O)[C@]3(O)C(O)=C(C(N)=O)C(=O)C[C@@H]3C[C@@H]1C2. The number of hydrogen-bond donors (Lipinski definition) is 5. The van der Waals surface area contributed by atoms with Gasteiger partial charge in [0.05, 0.1) is 12.2 Å². The van der Waals surface area contributed by atoms with Crippen molar-refractivity contribution in [1.82, 2.24) is 0 Å². The highest BCUT2D eigenvalue weighted by atomic mass is 16.5. The molecule has 1 aromatic rings. The van der Waals surface area contributed by atoms with Crippen molar-refractivity contribution < 1.29 is 44.3 Å². The van der Waals surface area contributed by atoms with Gasteiger partial charge in [-0.3, -0.25) is 19.2 Å². The van der Waals surface area contributed by atoms with Gasteiger partial charge in [0.25, 0.3) is 5.91 Å². The number of phenolic OH excluding ortho intramolecular Hbond substituents is 1. The van der Waals surface area contributed by atoms with Crippen molar-refractivity contribution in [2.45, 2.75) is 51.6 Å². The van der Waals surface area contributed by atoms with E-state index in [9.17, 15) is 39.6 Å². The number of aryl methyl sites for hydroxylation is 1. The van der Waals surface area contributed by atoms with Gasteiger partial charge in [-0.1, -0.05) is 13.8 Å². The van der Waals surface area contributed by atoms with E-state index >= 15 is 0 Å². The number of nitrogens with two attached hydrogens (primary N) is 1. The highest BCUT2D eigenvalue weighted by Crippen LogP contribution is 2.53. The van der Waals surface area contributed by atoms with Gasteiger partial charge in [0.2, 0.25) is 5.78 Å². The highest BCUT2D eigenvalue weighted by molar-refractivity contribution is 6.22. The Balaban J connectivity index is 1.81. The maximum atomic E-state index is 13.7. The Labute approximate surface area is 225 Å². The number of hydrogen-bond acceptors (Lipinski definition) is 10. The summed E-state index contributed by atoms with van der Waals surface area (Å²) in [5, 5.41) is 44.7. The van der Waals surface area contributed by atoms with Gasteiger partial charge in [0.1, 0.15) is 22.8 Å². The molecule has 0 heterocycles. The van der Waals surface area contributed by atoms with Crippen molar-refractivity contribution in [2.24, 2.45) is 23.5 Å². The number of rotatable bonds is 7. The molecule has 0 spiro atoms. The molecule has 210 valence electrons. The summed E-state index contributed by atoms with van der Waals surface area (Å²) in [6.07, 6.45) is -0.0306. The molecule has 3 atom stereocenters. The van der Waals surface area contributed by atoms with E-state index in [-0.39, 0.29) is 61.5 Å². The third-order valence-corrected chi connectivity index (χ3v) is 7.78. The molecule has 1 amide bonds. The molecular formula is C28H34N2O9. The number of carbonyl (C=O) groups excluding carboxylic acids is 4. The predicted octanol–water partition coefficient (Wildman–Crippen LogP) is 1.62. The first-order valence-electron chi connectivity index (χ1n) is 12.9. The third-order valence-electron chi connectivity index (χ3n) is 7.78. The van der Waals surface area contributed by atoms with E-state index in [1.807, 2.05) is 13.8 Å². The topological polar surface area (TPSA) is 188 Å². The van der Waals surface area contributed by atoms with Crippen molar-refractivity contribution in [3.63, 3.8) is 0 Å². The zero-order chi connectivity index (χ0) is 29.0. The molecule has 1 fully saturated rings. The van der Waals surface area contributed by atoms with E-state index < -0.39 is 58.0 Å². The monoisotopic (exact) mass is 542 g/mol. The zero-order valence-corrected chi connectivity index (χ0v) is 22.4. The Bertz CT molecular complexity index is 1340. The average molecular weight is 543 g/mol. The summed E-state index contributed by atoms with van der Waals surface area (Å²) >= 11 is 0. The maximum absolute atomic E-state index is 13.7. The molecule has 0 unspecified atom stereocenters. The second-order valence-electron chi connectivity index (χ2n) is 11.1. The number of ether oxygens (including phenoxy) is 1. The molecule has 1 saturated carbocycles. The standard InChI is InChI=1S/C28H34N2O9/c1-12(2)11-39-19(32)6-5-13-9-17(30(3)4)16-8-14-7-15-10-18(31)22(27(29)37)26(36)28(15,38)25(35)20(14)24(34)21(16)23(13)33/h9,12,14-15,33-34,36,38H,5-8,10-11H2,1-4H3,(H2,29,37)/t14-,15+,28+/m1/s1. The summed E-state index contributed by atoms with van der Waals surface area (Å²) in [4.78, 5) is 52.0. The van der Waals surface area contributed by atoms with Crippen LogP contribution in [-0.2, 0) is 36.8 Å². The Morgan fingerprint density at radius 3 is 2.44 bits per heavy atom. The van der Waals surface area contributed by atoms with Crippen molar-refractivity contribution >= 4 is 34.9 Å². The smallest absolute Gasteiger partial charge is 0.306 e. The van der Waals surface area contributed by atoms with E-state index in [1.165, 1.54) is 0 Å². The van der Waals surface area contributed by atoms with E-state index in [1.54, 1.807) is 25.1 Å². The molecule has 11 nitrogen and oxygen atoms in total. The van der Waals surface area contributed by atoms with Gasteiger partial charge in [-0.15, -0.1) is 0 Å². The van der Waals surface area contributed by atoms with Crippen LogP contribution >= 0.6 is 0 Å². The van der Waals surface area contributed by atoms with Crippen LogP contribution in [0.5, 0.6) is 5.75 Å². The first-order valence-corrected chi connectivity index (χ1v) is 12.9. The molecule has 0 aliphatic heterocycles. The van der Waals surface area contributed by atoms with Crippen LogP contribution in [0, 0.1) is 17.8 Å². The van der Waals surface area contributed by atoms with E-state index in [0.29, 0.717) is 16.8 Å². The van der Waals surface area contributed by atoms with Gasteiger partial charge in [0.15, 0.2) is 11.4 Å². The Hall–Kier alpha value is -3.86. The van der Waals surface area contributed by atoms with Gasteiger partial charge in [-0.05, 0) is 48.3 Å². The van der Waals surface area contributed by atoms with Gasteiger partial charge >= 0.3 is 5.97 Å². The van der Waals surface area contributed by atoms with E-state index in [0.717, 1.165) is 0 Å². The lowest BCUT2D eigenvalue weighted by atomic mass is 9.59. The molecule has 11 heteroatoms. The quantitative estimate of drug-likeness (QED) is 0.250. The fourth-order valence-electron chi connectivity index (χ4n) is 5.88. The molecule has 0 bridgehead atoms. The van der Waals surface area contributed by atoms with Crippen LogP contribution < -0.4 is 10.6 Å². The largest absolute Gasteiger partial charge is 0.508 e. The number of benzene rings is 1. The van der Waals surface area contributed by atoms with Crippen LogP contribution in [0.25, 0.3) is 5.76 Å². The number of aliphatic hydroxyl groups excluding tert-OH is 2. The molecule has 39 heavy (non-hydrogen) atoms. The highest BCUT2D eigenvalue weighted by Gasteiger charge is 2.60. The molecule has 3 aliphatic rings. The molecule has 6 N–H and O–H groups in total. The van der Waals surface area contributed by atoms with Gasteiger partial charge in [0, 0.05) is 44.1 Å². The Morgan fingerprint density at radius 2 is 1.85 bits per heavy atom. The fraction of sp³-hybridized carbons (Fsp3) is 0.500. The summed E-state index contributed by atoms with van der Waals surface area (Å²) in [5.74, 6) is -7.00. The van der Waals surface area contributed by atoms with Crippen molar-refractivity contribution in [3.05, 3.63) is 39.7 Å². The second kappa shape index (κ2) is 10.0. The fourth-order valence-corrected chi connectivity index (χ4v) is 5.88. The van der Waals surface area contributed by atoms with Gasteiger partial charge < -0.3 is 35.8 Å². The Morgan fingerprint density at radius 1 is 1.18 bits per heavy atom. The molecular weight excluding hydrogens is 508 g/mol. The molecule has 3 aliphatic carbocycles. The summed E-state index contributed by atoms with van der Waals surface area (Å²) < 4.78 is 5.22. The minimum absolute atomic E-state index is 0.00104. The van der Waals surface area contributed by atoms with Crippen LogP contribution in [-0.4, -0.2) is 70.2 Å².